The highest BCUT2D eigenvalue weighted by Crippen LogP contribution is 2.24. The number of hydrogen-bond donors (Lipinski definition) is 1. The number of carboxylic acid groups (broad SMARTS) is 1. The lowest BCUT2D eigenvalue weighted by Crippen LogP contribution is -2.08. The SMILES string of the molecule is CC(C=CC(=O)O)Oc1ccc(Oc2ccc(C#N)cc2)cc1. The molecule has 0 heterocycles. The number of nitrogens with zero attached hydrogens (tertiary/aromatic N) is 1. The number of carbonyl (C=O) groups is 1. The van der Waals surface area contributed by atoms with Gasteiger partial charge in [0.15, 0.2) is 0 Å². The van der Waals surface area contributed by atoms with Crippen molar-refractivity contribution < 1.29 is 19.4 Å². The maximum absolute atomic E-state index is 10.4. The summed E-state index contributed by atoms with van der Waals surface area (Å²) in [6.45, 7) is 1.75. The average molecular weight is 309 g/mol. The molecule has 1 atom stereocenters. The molecule has 0 aliphatic rings. The predicted molar refractivity (Wildman–Crippen MR) is 84.5 cm³/mol. The molecule has 2 aromatic rings. The van der Waals surface area contributed by atoms with Crippen LogP contribution in [0.5, 0.6) is 17.2 Å². The molecule has 23 heavy (non-hydrogen) atoms. The molecule has 0 aliphatic heterocycles. The van der Waals surface area contributed by atoms with Gasteiger partial charge in [-0.1, -0.05) is 0 Å². The van der Waals surface area contributed by atoms with E-state index >= 15 is 0 Å². The highest BCUT2D eigenvalue weighted by molar-refractivity contribution is 5.79. The van der Waals surface area contributed by atoms with Crippen molar-refractivity contribution in [2.75, 3.05) is 0 Å². The molecule has 0 spiro atoms. The van der Waals surface area contributed by atoms with Gasteiger partial charge in [-0.2, -0.15) is 5.26 Å². The Hall–Kier alpha value is -3.26. The molecule has 0 radical (unpaired) electrons. The monoisotopic (exact) mass is 309 g/mol. The van der Waals surface area contributed by atoms with Gasteiger partial charge in [0.05, 0.1) is 11.6 Å². The van der Waals surface area contributed by atoms with Gasteiger partial charge in [0.25, 0.3) is 0 Å². The summed E-state index contributed by atoms with van der Waals surface area (Å²) in [5.74, 6) is 0.873. The van der Waals surface area contributed by atoms with Crippen LogP contribution in [-0.2, 0) is 4.79 Å². The summed E-state index contributed by atoms with van der Waals surface area (Å²) in [6.07, 6.45) is 2.16. The van der Waals surface area contributed by atoms with E-state index in [0.717, 1.165) is 6.08 Å². The van der Waals surface area contributed by atoms with Gasteiger partial charge < -0.3 is 14.6 Å². The molecular formula is C18H15NO4. The third-order valence-electron chi connectivity index (χ3n) is 2.87. The van der Waals surface area contributed by atoms with Gasteiger partial charge in [-0.25, -0.2) is 4.79 Å². The molecule has 1 N–H and O–H groups in total. The number of carboxylic acids is 1. The highest BCUT2D eigenvalue weighted by atomic mass is 16.5. The fourth-order valence-corrected chi connectivity index (χ4v) is 1.79. The van der Waals surface area contributed by atoms with Crippen molar-refractivity contribution in [1.82, 2.24) is 0 Å². The fourth-order valence-electron chi connectivity index (χ4n) is 1.79. The molecule has 5 heteroatoms. The van der Waals surface area contributed by atoms with Crippen LogP contribution in [0.4, 0.5) is 0 Å². The number of hydrogen-bond acceptors (Lipinski definition) is 4. The number of ether oxygens (including phenoxy) is 2. The van der Waals surface area contributed by atoms with Crippen LogP contribution < -0.4 is 9.47 Å². The first-order valence-electron chi connectivity index (χ1n) is 6.92. The van der Waals surface area contributed by atoms with Crippen molar-refractivity contribution in [1.29, 1.82) is 5.26 Å². The van der Waals surface area contributed by atoms with E-state index in [9.17, 15) is 4.79 Å². The second-order valence-corrected chi connectivity index (χ2v) is 4.73. The van der Waals surface area contributed by atoms with Crippen LogP contribution in [0, 0.1) is 11.3 Å². The topological polar surface area (TPSA) is 79.6 Å². The number of benzene rings is 2. The Morgan fingerprint density at radius 3 is 2.13 bits per heavy atom. The highest BCUT2D eigenvalue weighted by Gasteiger charge is 2.02. The normalized spacial score (nSPS) is 11.7. The molecule has 2 rings (SSSR count). The van der Waals surface area contributed by atoms with Crippen molar-refractivity contribution in [2.24, 2.45) is 0 Å². The fraction of sp³-hybridized carbons (Fsp3) is 0.111. The summed E-state index contributed by atoms with van der Waals surface area (Å²) in [5, 5.41) is 17.3. The van der Waals surface area contributed by atoms with Crippen molar-refractivity contribution >= 4 is 5.97 Å². The Balaban J connectivity index is 1.96. The first-order valence-corrected chi connectivity index (χ1v) is 6.92. The minimum atomic E-state index is -1.01. The second kappa shape index (κ2) is 7.66. The van der Waals surface area contributed by atoms with E-state index in [1.54, 1.807) is 55.5 Å². The van der Waals surface area contributed by atoms with Crippen molar-refractivity contribution in [2.45, 2.75) is 13.0 Å². The van der Waals surface area contributed by atoms with Crippen LogP contribution in [0.15, 0.2) is 60.7 Å². The minimum absolute atomic E-state index is 0.351. The first-order chi connectivity index (χ1) is 11.1. The van der Waals surface area contributed by atoms with E-state index in [-0.39, 0.29) is 6.10 Å². The number of aliphatic carboxylic acids is 1. The lowest BCUT2D eigenvalue weighted by atomic mass is 10.2. The van der Waals surface area contributed by atoms with E-state index in [2.05, 4.69) is 0 Å². The van der Waals surface area contributed by atoms with Crippen LogP contribution in [0.3, 0.4) is 0 Å². The lowest BCUT2D eigenvalue weighted by Gasteiger charge is -2.11. The molecule has 0 amide bonds. The molecule has 0 saturated heterocycles. The molecule has 0 saturated carbocycles. The summed E-state index contributed by atoms with van der Waals surface area (Å²) >= 11 is 0. The van der Waals surface area contributed by atoms with Crippen LogP contribution in [0.1, 0.15) is 12.5 Å². The van der Waals surface area contributed by atoms with E-state index < -0.39 is 5.97 Å². The smallest absolute Gasteiger partial charge is 0.328 e. The Morgan fingerprint density at radius 2 is 1.61 bits per heavy atom. The first kappa shape index (κ1) is 16.1. The van der Waals surface area contributed by atoms with E-state index in [4.69, 9.17) is 19.8 Å². The Morgan fingerprint density at radius 1 is 1.09 bits per heavy atom. The van der Waals surface area contributed by atoms with Crippen molar-refractivity contribution in [3.8, 4) is 23.3 Å². The molecule has 2 aromatic carbocycles. The third kappa shape index (κ3) is 5.21. The van der Waals surface area contributed by atoms with Gasteiger partial charge in [-0.3, -0.25) is 0 Å². The Bertz CT molecular complexity index is 727. The van der Waals surface area contributed by atoms with E-state index in [0.29, 0.717) is 22.8 Å². The predicted octanol–water partition coefficient (Wildman–Crippen LogP) is 3.76. The minimum Gasteiger partial charge on any atom is -0.487 e. The maximum atomic E-state index is 10.4. The number of nitriles is 1. The lowest BCUT2D eigenvalue weighted by molar-refractivity contribution is -0.131. The maximum Gasteiger partial charge on any atom is 0.328 e. The molecule has 116 valence electrons. The standard InChI is InChI=1S/C18H15NO4/c1-13(2-11-18(20)21)22-15-7-9-17(10-8-15)23-16-5-3-14(12-19)4-6-16/h2-11,13H,1H3,(H,20,21). The van der Waals surface area contributed by atoms with Crippen LogP contribution >= 0.6 is 0 Å². The van der Waals surface area contributed by atoms with Crippen LogP contribution in [-0.4, -0.2) is 17.2 Å². The Kier molecular flexibility index (Phi) is 5.37. The quantitative estimate of drug-likeness (QED) is 0.822. The third-order valence-corrected chi connectivity index (χ3v) is 2.87. The van der Waals surface area contributed by atoms with Gasteiger partial charge in [-0.15, -0.1) is 0 Å². The molecule has 0 fully saturated rings. The molecule has 1 unspecified atom stereocenters. The molecular weight excluding hydrogens is 294 g/mol. The van der Waals surface area contributed by atoms with Crippen molar-refractivity contribution in [3.05, 3.63) is 66.2 Å². The molecule has 0 aromatic heterocycles. The number of rotatable bonds is 6. The van der Waals surface area contributed by atoms with Gasteiger partial charge in [0, 0.05) is 6.08 Å². The molecule has 5 nitrogen and oxygen atoms in total. The average Bonchev–Trinajstić information content (AvgIpc) is 2.55. The molecule has 0 bridgehead atoms. The summed E-state index contributed by atoms with van der Waals surface area (Å²) in [6, 6.07) is 15.8. The van der Waals surface area contributed by atoms with Gasteiger partial charge in [0.1, 0.15) is 23.4 Å². The van der Waals surface area contributed by atoms with Crippen LogP contribution in [0.2, 0.25) is 0 Å². The largest absolute Gasteiger partial charge is 0.487 e. The summed E-state index contributed by atoms with van der Waals surface area (Å²) in [4.78, 5) is 10.4. The summed E-state index contributed by atoms with van der Waals surface area (Å²) in [7, 11) is 0. The second-order valence-electron chi connectivity index (χ2n) is 4.73. The Labute approximate surface area is 134 Å². The zero-order valence-electron chi connectivity index (χ0n) is 12.5. The van der Waals surface area contributed by atoms with Crippen LogP contribution in [0.25, 0.3) is 0 Å². The van der Waals surface area contributed by atoms with Gasteiger partial charge >= 0.3 is 5.97 Å². The molecule has 0 aliphatic carbocycles. The zero-order chi connectivity index (χ0) is 16.7. The van der Waals surface area contributed by atoms with Gasteiger partial charge in [-0.05, 0) is 61.5 Å². The van der Waals surface area contributed by atoms with Crippen molar-refractivity contribution in [3.63, 3.8) is 0 Å². The van der Waals surface area contributed by atoms with Gasteiger partial charge in [0.2, 0.25) is 0 Å². The summed E-state index contributed by atoms with van der Waals surface area (Å²) in [5.41, 5.74) is 0.574. The van der Waals surface area contributed by atoms with E-state index in [1.165, 1.54) is 6.08 Å². The van der Waals surface area contributed by atoms with E-state index in [1.807, 2.05) is 6.07 Å². The zero-order valence-corrected chi connectivity index (χ0v) is 12.5. The summed E-state index contributed by atoms with van der Waals surface area (Å²) < 4.78 is 11.2.